The van der Waals surface area contributed by atoms with Crippen LogP contribution in [-0.4, -0.2) is 61.6 Å². The largest absolute Gasteiger partial charge is 0.444 e. The maximum absolute atomic E-state index is 12.4. The van der Waals surface area contributed by atoms with Crippen LogP contribution in [0.25, 0.3) is 11.3 Å². The molecule has 146 valence electrons. The molecule has 9 heteroatoms. The molecule has 1 amide bonds. The van der Waals surface area contributed by atoms with Crippen LogP contribution in [0.15, 0.2) is 24.8 Å². The summed E-state index contributed by atoms with van der Waals surface area (Å²) in [7, 11) is 0. The predicted molar refractivity (Wildman–Crippen MR) is 99.8 cm³/mol. The van der Waals surface area contributed by atoms with Crippen molar-refractivity contribution in [2.45, 2.75) is 52.0 Å². The van der Waals surface area contributed by atoms with E-state index in [0.29, 0.717) is 31.2 Å². The highest BCUT2D eigenvalue weighted by molar-refractivity contribution is 5.68. The number of nitrogens with zero attached hydrogens (tertiary/aromatic N) is 5. The van der Waals surface area contributed by atoms with Crippen molar-refractivity contribution >= 4 is 11.9 Å². The van der Waals surface area contributed by atoms with E-state index in [4.69, 9.17) is 15.2 Å². The number of anilines is 1. The van der Waals surface area contributed by atoms with Gasteiger partial charge in [-0.05, 0) is 27.7 Å². The summed E-state index contributed by atoms with van der Waals surface area (Å²) in [4.78, 5) is 22.4. The molecule has 0 spiro atoms. The van der Waals surface area contributed by atoms with Gasteiger partial charge in [0.2, 0.25) is 0 Å². The second-order valence-electron chi connectivity index (χ2n) is 7.71. The summed E-state index contributed by atoms with van der Waals surface area (Å²) in [5, 5.41) is 4.36. The quantitative estimate of drug-likeness (QED) is 0.874. The van der Waals surface area contributed by atoms with E-state index in [1.165, 1.54) is 6.20 Å². The van der Waals surface area contributed by atoms with Crippen LogP contribution in [0.4, 0.5) is 10.6 Å². The minimum absolute atomic E-state index is 0.0330. The van der Waals surface area contributed by atoms with Crippen LogP contribution < -0.4 is 5.73 Å². The van der Waals surface area contributed by atoms with Crippen LogP contribution in [0.1, 0.15) is 27.7 Å². The summed E-state index contributed by atoms with van der Waals surface area (Å²) in [6, 6.07) is -0.0330. The van der Waals surface area contributed by atoms with Gasteiger partial charge in [-0.3, -0.25) is 9.67 Å². The second-order valence-corrected chi connectivity index (χ2v) is 7.71. The van der Waals surface area contributed by atoms with E-state index in [1.807, 2.05) is 33.9 Å². The smallest absolute Gasteiger partial charge is 0.410 e. The molecule has 0 saturated carbocycles. The van der Waals surface area contributed by atoms with Gasteiger partial charge in [-0.15, -0.1) is 0 Å². The average Bonchev–Trinajstić information content (AvgIpc) is 3.04. The molecule has 0 radical (unpaired) electrons. The van der Waals surface area contributed by atoms with Crippen LogP contribution in [0.3, 0.4) is 0 Å². The van der Waals surface area contributed by atoms with Gasteiger partial charge in [-0.25, -0.2) is 9.78 Å². The molecule has 2 atom stereocenters. The second kappa shape index (κ2) is 7.51. The summed E-state index contributed by atoms with van der Waals surface area (Å²) in [5.41, 5.74) is 6.58. The van der Waals surface area contributed by atoms with Crippen LogP contribution >= 0.6 is 0 Å². The molecule has 2 N–H and O–H groups in total. The third-order valence-electron chi connectivity index (χ3n) is 4.13. The van der Waals surface area contributed by atoms with Crippen molar-refractivity contribution in [1.29, 1.82) is 0 Å². The van der Waals surface area contributed by atoms with E-state index in [1.54, 1.807) is 22.0 Å². The first-order chi connectivity index (χ1) is 12.7. The normalized spacial score (nSPS) is 20.5. The first-order valence-electron chi connectivity index (χ1n) is 8.93. The van der Waals surface area contributed by atoms with Gasteiger partial charge < -0.3 is 20.1 Å². The van der Waals surface area contributed by atoms with Crippen molar-refractivity contribution in [3.8, 4) is 11.3 Å². The summed E-state index contributed by atoms with van der Waals surface area (Å²) in [6.07, 6.45) is 6.23. The van der Waals surface area contributed by atoms with Crippen LogP contribution in [-0.2, 0) is 16.0 Å². The fourth-order valence-electron chi connectivity index (χ4n) is 2.79. The van der Waals surface area contributed by atoms with E-state index in [2.05, 4.69) is 15.1 Å². The van der Waals surface area contributed by atoms with Crippen molar-refractivity contribution in [1.82, 2.24) is 24.6 Å². The first kappa shape index (κ1) is 19.1. The third-order valence-corrected chi connectivity index (χ3v) is 4.13. The molecule has 0 aromatic carbocycles. The van der Waals surface area contributed by atoms with E-state index in [-0.39, 0.29) is 18.2 Å². The maximum atomic E-state index is 12.4. The van der Waals surface area contributed by atoms with E-state index >= 15 is 0 Å². The Morgan fingerprint density at radius 1 is 1.33 bits per heavy atom. The van der Waals surface area contributed by atoms with E-state index < -0.39 is 5.60 Å². The number of hydrogen-bond acceptors (Lipinski definition) is 7. The van der Waals surface area contributed by atoms with Crippen molar-refractivity contribution < 1.29 is 14.3 Å². The minimum atomic E-state index is -0.526. The number of aromatic nitrogens is 4. The lowest BCUT2D eigenvalue weighted by Crippen LogP contribution is -2.53. The van der Waals surface area contributed by atoms with Gasteiger partial charge in [0.15, 0.2) is 0 Å². The number of amides is 1. The summed E-state index contributed by atoms with van der Waals surface area (Å²) >= 11 is 0. The number of nitrogens with two attached hydrogens (primary N) is 1. The fourth-order valence-corrected chi connectivity index (χ4v) is 2.79. The SMILES string of the molecule is C[C@@H]1CO[C@@H](Cn2cc(-c3cnc(N)cn3)cn2)CN1C(=O)OC(C)(C)C. The molecule has 1 fully saturated rings. The molecule has 3 rings (SSSR count). The van der Waals surface area contributed by atoms with Gasteiger partial charge in [-0.2, -0.15) is 5.10 Å². The topological polar surface area (TPSA) is 108 Å². The predicted octanol–water partition coefficient (Wildman–Crippen LogP) is 1.95. The summed E-state index contributed by atoms with van der Waals surface area (Å²) < 4.78 is 13.2. The standard InChI is InChI=1S/C18H26N6O3/c1-12-11-26-14(10-24(12)17(25)27-18(2,3)4)9-23-8-13(5-22-23)15-6-21-16(19)7-20-15/h5-8,12,14H,9-11H2,1-4H3,(H2,19,21)/t12-,14+/m1/s1. The van der Waals surface area contributed by atoms with Crippen molar-refractivity contribution in [2.75, 3.05) is 18.9 Å². The third kappa shape index (κ3) is 4.94. The summed E-state index contributed by atoms with van der Waals surface area (Å²) in [5.74, 6) is 0.373. The fraction of sp³-hybridized carbons (Fsp3) is 0.556. The molecular weight excluding hydrogens is 348 g/mol. The number of carbonyl (C=O) groups is 1. The Kier molecular flexibility index (Phi) is 5.31. The summed E-state index contributed by atoms with van der Waals surface area (Å²) in [6.45, 7) is 8.96. The molecule has 2 aromatic rings. The van der Waals surface area contributed by atoms with Gasteiger partial charge in [0.05, 0.1) is 56.1 Å². The van der Waals surface area contributed by atoms with Crippen molar-refractivity contribution in [3.05, 3.63) is 24.8 Å². The van der Waals surface area contributed by atoms with Gasteiger partial charge in [0.1, 0.15) is 11.4 Å². The number of morpholine rings is 1. The minimum Gasteiger partial charge on any atom is -0.444 e. The molecule has 1 aliphatic heterocycles. The van der Waals surface area contributed by atoms with E-state index in [9.17, 15) is 4.79 Å². The zero-order chi connectivity index (χ0) is 19.6. The Hall–Kier alpha value is -2.68. The zero-order valence-corrected chi connectivity index (χ0v) is 16.1. The highest BCUT2D eigenvalue weighted by atomic mass is 16.6. The monoisotopic (exact) mass is 374 g/mol. The van der Waals surface area contributed by atoms with Crippen molar-refractivity contribution in [3.63, 3.8) is 0 Å². The number of ether oxygens (including phenoxy) is 2. The molecule has 9 nitrogen and oxygen atoms in total. The zero-order valence-electron chi connectivity index (χ0n) is 16.1. The Bertz CT molecular complexity index is 783. The van der Waals surface area contributed by atoms with Crippen molar-refractivity contribution in [2.24, 2.45) is 0 Å². The maximum Gasteiger partial charge on any atom is 0.410 e. The molecular formula is C18H26N6O3. The molecule has 0 unspecified atom stereocenters. The van der Waals surface area contributed by atoms with Gasteiger partial charge >= 0.3 is 6.09 Å². The Morgan fingerprint density at radius 2 is 2.11 bits per heavy atom. The molecule has 0 aliphatic carbocycles. The highest BCUT2D eigenvalue weighted by Gasteiger charge is 2.33. The molecule has 1 saturated heterocycles. The lowest BCUT2D eigenvalue weighted by molar-refractivity contribution is -0.0711. The van der Waals surface area contributed by atoms with Gasteiger partial charge in [0.25, 0.3) is 0 Å². The number of nitrogen functional groups attached to an aromatic ring is 1. The lowest BCUT2D eigenvalue weighted by atomic mass is 10.2. The van der Waals surface area contributed by atoms with Crippen LogP contribution in [0.5, 0.6) is 0 Å². The molecule has 1 aliphatic rings. The molecule has 2 aromatic heterocycles. The van der Waals surface area contributed by atoms with E-state index in [0.717, 1.165) is 5.56 Å². The average molecular weight is 374 g/mol. The highest BCUT2D eigenvalue weighted by Crippen LogP contribution is 2.19. The Labute approximate surface area is 158 Å². The number of hydrogen-bond donors (Lipinski definition) is 1. The van der Waals surface area contributed by atoms with Crippen LogP contribution in [0.2, 0.25) is 0 Å². The molecule has 0 bridgehead atoms. The van der Waals surface area contributed by atoms with Gasteiger partial charge in [0, 0.05) is 11.8 Å². The molecule has 27 heavy (non-hydrogen) atoms. The Morgan fingerprint density at radius 3 is 2.78 bits per heavy atom. The number of rotatable bonds is 3. The van der Waals surface area contributed by atoms with Crippen LogP contribution in [0, 0.1) is 0 Å². The van der Waals surface area contributed by atoms with Gasteiger partial charge in [-0.1, -0.05) is 0 Å². The lowest BCUT2D eigenvalue weighted by Gasteiger charge is -2.38. The Balaban J connectivity index is 1.64. The number of carbonyl (C=O) groups excluding carboxylic acids is 1. The first-order valence-corrected chi connectivity index (χ1v) is 8.93. The molecule has 3 heterocycles.